The summed E-state index contributed by atoms with van der Waals surface area (Å²) in [6.07, 6.45) is 2.58. The molecule has 0 aromatic heterocycles. The van der Waals surface area contributed by atoms with Crippen LogP contribution >= 0.6 is 0 Å². The average molecular weight is 229 g/mol. The van der Waals surface area contributed by atoms with Crippen molar-refractivity contribution in [2.24, 2.45) is 16.8 Å². The summed E-state index contributed by atoms with van der Waals surface area (Å²) in [5, 5.41) is 6.36. The molecule has 0 rings (SSSR count). The molecular weight excluding hydrogens is 206 g/mol. The molecular formula is C11H23N3O2. The smallest absolute Gasteiger partial charge is 0.260 e. The highest BCUT2D eigenvalue weighted by Gasteiger charge is 2.01. The molecule has 0 spiro atoms. The summed E-state index contributed by atoms with van der Waals surface area (Å²) in [4.78, 5) is 15.9. The zero-order chi connectivity index (χ0) is 12.4. The van der Waals surface area contributed by atoms with Gasteiger partial charge in [0.15, 0.2) is 6.61 Å². The van der Waals surface area contributed by atoms with Gasteiger partial charge >= 0.3 is 0 Å². The highest BCUT2D eigenvalue weighted by molar-refractivity contribution is 5.80. The van der Waals surface area contributed by atoms with Crippen LogP contribution in [0.4, 0.5) is 0 Å². The van der Waals surface area contributed by atoms with E-state index in [4.69, 9.17) is 10.6 Å². The first-order chi connectivity index (χ1) is 7.56. The molecule has 0 aromatic rings. The van der Waals surface area contributed by atoms with Crippen LogP contribution < -0.4 is 11.1 Å². The van der Waals surface area contributed by atoms with Gasteiger partial charge in [0.1, 0.15) is 5.84 Å². The number of nitrogens with one attached hydrogen (secondary N) is 1. The largest absolute Gasteiger partial charge is 0.384 e. The third kappa shape index (κ3) is 9.30. The summed E-state index contributed by atoms with van der Waals surface area (Å²) < 4.78 is 0. The van der Waals surface area contributed by atoms with Gasteiger partial charge in [-0.25, -0.2) is 0 Å². The molecule has 0 aromatic carbocycles. The normalized spacial score (nSPS) is 11.6. The van der Waals surface area contributed by atoms with E-state index in [0.29, 0.717) is 24.7 Å². The van der Waals surface area contributed by atoms with Gasteiger partial charge in [0.2, 0.25) is 0 Å². The van der Waals surface area contributed by atoms with Gasteiger partial charge in [0, 0.05) is 13.0 Å². The van der Waals surface area contributed by atoms with E-state index in [0.717, 1.165) is 12.8 Å². The maximum Gasteiger partial charge on any atom is 0.260 e. The molecule has 0 fully saturated rings. The van der Waals surface area contributed by atoms with Crippen LogP contribution in [0, 0.1) is 5.92 Å². The van der Waals surface area contributed by atoms with Crippen molar-refractivity contribution < 1.29 is 9.63 Å². The topological polar surface area (TPSA) is 76.7 Å². The van der Waals surface area contributed by atoms with E-state index in [1.807, 2.05) is 6.92 Å². The Hall–Kier alpha value is -1.26. The zero-order valence-corrected chi connectivity index (χ0v) is 10.5. The third-order valence-electron chi connectivity index (χ3n) is 1.93. The lowest BCUT2D eigenvalue weighted by Gasteiger charge is -2.04. The van der Waals surface area contributed by atoms with Gasteiger partial charge in [-0.1, -0.05) is 25.9 Å². The van der Waals surface area contributed by atoms with Crippen LogP contribution in [0.5, 0.6) is 0 Å². The van der Waals surface area contributed by atoms with Gasteiger partial charge in [-0.3, -0.25) is 4.79 Å². The van der Waals surface area contributed by atoms with Gasteiger partial charge in [0.05, 0.1) is 0 Å². The van der Waals surface area contributed by atoms with Gasteiger partial charge < -0.3 is 15.9 Å². The Morgan fingerprint density at radius 3 is 2.75 bits per heavy atom. The summed E-state index contributed by atoms with van der Waals surface area (Å²) in [5.74, 6) is 0.862. The fraction of sp³-hybridized carbons (Fsp3) is 0.818. The summed E-state index contributed by atoms with van der Waals surface area (Å²) in [5.41, 5.74) is 5.60. The Bertz CT molecular complexity index is 227. The van der Waals surface area contributed by atoms with Crippen molar-refractivity contribution in [2.75, 3.05) is 13.2 Å². The van der Waals surface area contributed by atoms with E-state index >= 15 is 0 Å². The van der Waals surface area contributed by atoms with Crippen molar-refractivity contribution >= 4 is 11.7 Å². The van der Waals surface area contributed by atoms with E-state index in [-0.39, 0.29) is 12.5 Å². The number of amidine groups is 1. The van der Waals surface area contributed by atoms with Crippen LogP contribution in [0.15, 0.2) is 5.16 Å². The minimum absolute atomic E-state index is 0.0671. The third-order valence-corrected chi connectivity index (χ3v) is 1.93. The number of nitrogens with zero attached hydrogens (tertiary/aromatic N) is 1. The standard InChI is InChI=1S/C11H23N3O2/c1-4-7-13-11(15)8-16-14-10(12)6-5-9(2)3/h9H,4-8H2,1-3H3,(H2,12,14)(H,13,15). The number of rotatable bonds is 8. The van der Waals surface area contributed by atoms with Crippen LogP contribution in [0.3, 0.4) is 0 Å². The van der Waals surface area contributed by atoms with Crippen molar-refractivity contribution in [3.63, 3.8) is 0 Å². The number of oxime groups is 1. The van der Waals surface area contributed by atoms with Gasteiger partial charge in [-0.2, -0.15) is 0 Å². The number of hydrogen-bond donors (Lipinski definition) is 2. The second kappa shape index (κ2) is 9.00. The van der Waals surface area contributed by atoms with Crippen LogP contribution in [0.1, 0.15) is 40.0 Å². The SMILES string of the molecule is CCCNC(=O)CO/N=C(\N)CCC(C)C. The molecule has 0 aliphatic heterocycles. The molecule has 5 heteroatoms. The number of carbonyl (C=O) groups excluding carboxylic acids is 1. The molecule has 1 amide bonds. The molecule has 0 saturated carbocycles. The van der Waals surface area contributed by atoms with E-state index in [1.54, 1.807) is 0 Å². The van der Waals surface area contributed by atoms with E-state index in [9.17, 15) is 4.79 Å². The molecule has 3 N–H and O–H groups in total. The highest BCUT2D eigenvalue weighted by atomic mass is 16.6. The monoisotopic (exact) mass is 229 g/mol. The number of carbonyl (C=O) groups is 1. The molecule has 5 nitrogen and oxygen atoms in total. The Labute approximate surface area is 97.4 Å². The van der Waals surface area contributed by atoms with Gasteiger partial charge in [0.25, 0.3) is 5.91 Å². The molecule has 0 unspecified atom stereocenters. The molecule has 0 saturated heterocycles. The lowest BCUT2D eigenvalue weighted by molar-refractivity contribution is -0.125. The first-order valence-corrected chi connectivity index (χ1v) is 5.77. The Morgan fingerprint density at radius 1 is 1.50 bits per heavy atom. The molecule has 0 radical (unpaired) electrons. The van der Waals surface area contributed by atoms with Gasteiger partial charge in [-0.15, -0.1) is 0 Å². The molecule has 0 heterocycles. The van der Waals surface area contributed by atoms with Crippen LogP contribution in [-0.4, -0.2) is 24.9 Å². The molecule has 94 valence electrons. The molecule has 0 atom stereocenters. The van der Waals surface area contributed by atoms with E-state index < -0.39 is 0 Å². The van der Waals surface area contributed by atoms with Crippen LogP contribution in [-0.2, 0) is 9.63 Å². The molecule has 0 bridgehead atoms. The highest BCUT2D eigenvalue weighted by Crippen LogP contribution is 2.02. The second-order valence-electron chi connectivity index (χ2n) is 4.14. The zero-order valence-electron chi connectivity index (χ0n) is 10.5. The van der Waals surface area contributed by atoms with Gasteiger partial charge in [-0.05, 0) is 18.8 Å². The Balaban J connectivity index is 3.61. The Morgan fingerprint density at radius 2 is 2.19 bits per heavy atom. The predicted molar refractivity (Wildman–Crippen MR) is 64.9 cm³/mol. The lowest BCUT2D eigenvalue weighted by atomic mass is 10.1. The van der Waals surface area contributed by atoms with E-state index in [1.165, 1.54) is 0 Å². The summed E-state index contributed by atoms with van der Waals surface area (Å²) >= 11 is 0. The van der Waals surface area contributed by atoms with Crippen molar-refractivity contribution in [2.45, 2.75) is 40.0 Å². The summed E-state index contributed by atoms with van der Waals surface area (Å²) in [7, 11) is 0. The number of amides is 1. The number of hydrogen-bond acceptors (Lipinski definition) is 3. The van der Waals surface area contributed by atoms with Crippen molar-refractivity contribution in [1.82, 2.24) is 5.32 Å². The Kier molecular flexibility index (Phi) is 8.29. The minimum Gasteiger partial charge on any atom is -0.384 e. The van der Waals surface area contributed by atoms with E-state index in [2.05, 4.69) is 24.3 Å². The fourth-order valence-corrected chi connectivity index (χ4v) is 0.971. The van der Waals surface area contributed by atoms with Crippen molar-refractivity contribution in [3.05, 3.63) is 0 Å². The summed E-state index contributed by atoms with van der Waals surface area (Å²) in [6, 6.07) is 0. The molecule has 0 aliphatic carbocycles. The first-order valence-electron chi connectivity index (χ1n) is 5.77. The van der Waals surface area contributed by atoms with Crippen molar-refractivity contribution in [1.29, 1.82) is 0 Å². The summed E-state index contributed by atoms with van der Waals surface area (Å²) in [6.45, 7) is 6.82. The van der Waals surface area contributed by atoms with Crippen molar-refractivity contribution in [3.8, 4) is 0 Å². The lowest BCUT2D eigenvalue weighted by Crippen LogP contribution is -2.27. The van der Waals surface area contributed by atoms with Crippen LogP contribution in [0.25, 0.3) is 0 Å². The minimum atomic E-state index is -0.165. The quantitative estimate of drug-likeness (QED) is 0.373. The maximum absolute atomic E-state index is 11.1. The predicted octanol–water partition coefficient (Wildman–Crippen LogP) is 1.24. The molecule has 0 aliphatic rings. The fourth-order valence-electron chi connectivity index (χ4n) is 0.971. The van der Waals surface area contributed by atoms with Crippen LogP contribution in [0.2, 0.25) is 0 Å². The average Bonchev–Trinajstić information content (AvgIpc) is 2.23. The maximum atomic E-state index is 11.1. The molecule has 16 heavy (non-hydrogen) atoms. The number of nitrogens with two attached hydrogens (primary N) is 1. The second-order valence-corrected chi connectivity index (χ2v) is 4.14. The first kappa shape index (κ1) is 14.7.